The first-order valence-electron chi connectivity index (χ1n) is 11.0. The van der Waals surface area contributed by atoms with Crippen molar-refractivity contribution in [3.8, 4) is 0 Å². The Morgan fingerprint density at radius 1 is 1.08 bits per heavy atom. The second-order valence-electron chi connectivity index (χ2n) is 8.18. The SMILES string of the molecule is CC1CN(c2ccc(NC(=O)c3cccs3)cc2)CCN1Cc1cccc(F)c1.O=C(O)C(F)(F)F. The van der Waals surface area contributed by atoms with Gasteiger partial charge in [-0.3, -0.25) is 9.69 Å². The van der Waals surface area contributed by atoms with Gasteiger partial charge in [0.25, 0.3) is 5.91 Å². The molecule has 4 rings (SSSR count). The predicted octanol–water partition coefficient (Wildman–Crippen LogP) is 5.48. The standard InChI is InChI=1S/C23H24FN3OS.C2HF3O2/c1-17-15-27(12-11-26(17)16-18-4-2-5-19(24)14-18)21-9-7-20(8-10-21)25-23(28)22-6-3-13-29-22;3-2(4,5)1(6)7/h2-10,13-14,17H,11-12,15-16H2,1H3,(H,25,28);(H,6,7). The van der Waals surface area contributed by atoms with Crippen molar-refractivity contribution in [2.75, 3.05) is 29.9 Å². The van der Waals surface area contributed by atoms with Gasteiger partial charge in [0.2, 0.25) is 0 Å². The van der Waals surface area contributed by atoms with Gasteiger partial charge in [-0.25, -0.2) is 9.18 Å². The third kappa shape index (κ3) is 7.79. The molecule has 1 unspecified atom stereocenters. The van der Waals surface area contributed by atoms with E-state index in [-0.39, 0.29) is 11.7 Å². The molecule has 1 amide bonds. The Morgan fingerprint density at radius 3 is 2.33 bits per heavy atom. The van der Waals surface area contributed by atoms with E-state index in [9.17, 15) is 22.4 Å². The number of hydrogen-bond acceptors (Lipinski definition) is 5. The maximum absolute atomic E-state index is 13.4. The fraction of sp³-hybridized carbons (Fsp3) is 0.280. The normalized spacial score (nSPS) is 16.1. The monoisotopic (exact) mass is 523 g/mol. The van der Waals surface area contributed by atoms with Crippen LogP contribution in [0.3, 0.4) is 0 Å². The molecule has 0 radical (unpaired) electrons. The van der Waals surface area contributed by atoms with Crippen LogP contribution in [0.4, 0.5) is 28.9 Å². The second kappa shape index (κ2) is 12.0. The molecule has 0 bridgehead atoms. The Hall–Kier alpha value is -3.44. The maximum Gasteiger partial charge on any atom is 0.490 e. The van der Waals surface area contributed by atoms with Crippen LogP contribution in [0.15, 0.2) is 66.0 Å². The molecule has 1 aromatic heterocycles. The Morgan fingerprint density at radius 2 is 1.78 bits per heavy atom. The number of hydrogen-bond donors (Lipinski definition) is 2. The van der Waals surface area contributed by atoms with Crippen molar-refractivity contribution in [1.29, 1.82) is 0 Å². The Kier molecular flexibility index (Phi) is 9.05. The summed E-state index contributed by atoms with van der Waals surface area (Å²) in [5.74, 6) is -3.01. The number of halogens is 4. The first-order chi connectivity index (χ1) is 17.0. The summed E-state index contributed by atoms with van der Waals surface area (Å²) < 4.78 is 45.2. The Bertz CT molecular complexity index is 1150. The van der Waals surface area contributed by atoms with Crippen molar-refractivity contribution in [2.24, 2.45) is 0 Å². The molecule has 192 valence electrons. The van der Waals surface area contributed by atoms with Crippen LogP contribution in [0.25, 0.3) is 0 Å². The van der Waals surface area contributed by atoms with E-state index in [0.29, 0.717) is 10.9 Å². The van der Waals surface area contributed by atoms with Crippen molar-refractivity contribution in [3.05, 3.63) is 82.3 Å². The quantitative estimate of drug-likeness (QED) is 0.433. The van der Waals surface area contributed by atoms with Gasteiger partial charge < -0.3 is 15.3 Å². The summed E-state index contributed by atoms with van der Waals surface area (Å²) >= 11 is 1.43. The summed E-state index contributed by atoms with van der Waals surface area (Å²) in [5, 5.41) is 12.0. The molecule has 2 N–H and O–H groups in total. The molecule has 2 aromatic carbocycles. The number of carbonyl (C=O) groups excluding carboxylic acids is 1. The lowest BCUT2D eigenvalue weighted by Crippen LogP contribution is -2.51. The van der Waals surface area contributed by atoms with Gasteiger partial charge in [0, 0.05) is 43.6 Å². The molecule has 6 nitrogen and oxygen atoms in total. The van der Waals surface area contributed by atoms with Gasteiger partial charge >= 0.3 is 12.1 Å². The summed E-state index contributed by atoms with van der Waals surface area (Å²) in [7, 11) is 0. The third-order valence-corrected chi connectivity index (χ3v) is 6.39. The fourth-order valence-electron chi connectivity index (χ4n) is 3.69. The molecule has 36 heavy (non-hydrogen) atoms. The molecule has 0 spiro atoms. The van der Waals surface area contributed by atoms with Crippen LogP contribution >= 0.6 is 11.3 Å². The van der Waals surface area contributed by atoms with E-state index in [1.54, 1.807) is 12.1 Å². The van der Waals surface area contributed by atoms with Crippen LogP contribution in [-0.2, 0) is 11.3 Å². The van der Waals surface area contributed by atoms with Gasteiger partial charge in [-0.1, -0.05) is 18.2 Å². The summed E-state index contributed by atoms with van der Waals surface area (Å²) in [6, 6.07) is 18.9. The summed E-state index contributed by atoms with van der Waals surface area (Å²) in [4.78, 5) is 26.5. The lowest BCUT2D eigenvalue weighted by Gasteiger charge is -2.41. The zero-order chi connectivity index (χ0) is 26.3. The summed E-state index contributed by atoms with van der Waals surface area (Å²) in [6.45, 7) is 5.73. The van der Waals surface area contributed by atoms with E-state index in [0.717, 1.165) is 43.1 Å². The molecule has 1 fully saturated rings. The maximum atomic E-state index is 13.4. The smallest absolute Gasteiger partial charge is 0.475 e. The van der Waals surface area contributed by atoms with Gasteiger partial charge in [-0.05, 0) is 60.3 Å². The highest BCUT2D eigenvalue weighted by Crippen LogP contribution is 2.23. The molecule has 2 heterocycles. The molecule has 0 saturated carbocycles. The predicted molar refractivity (Wildman–Crippen MR) is 131 cm³/mol. The minimum Gasteiger partial charge on any atom is -0.475 e. The number of thiophene rings is 1. The highest BCUT2D eigenvalue weighted by molar-refractivity contribution is 7.12. The van der Waals surface area contributed by atoms with E-state index in [1.165, 1.54) is 17.4 Å². The minimum atomic E-state index is -5.08. The van der Waals surface area contributed by atoms with Crippen LogP contribution < -0.4 is 10.2 Å². The number of anilines is 2. The lowest BCUT2D eigenvalue weighted by atomic mass is 10.1. The van der Waals surface area contributed by atoms with Crippen LogP contribution in [0.2, 0.25) is 0 Å². The van der Waals surface area contributed by atoms with Gasteiger partial charge in [0.1, 0.15) is 5.82 Å². The summed E-state index contributed by atoms with van der Waals surface area (Å²) in [5.41, 5.74) is 2.96. The van der Waals surface area contributed by atoms with Crippen molar-refractivity contribution >= 4 is 34.6 Å². The molecule has 3 aromatic rings. The van der Waals surface area contributed by atoms with Crippen LogP contribution in [0.1, 0.15) is 22.2 Å². The van der Waals surface area contributed by atoms with Crippen molar-refractivity contribution in [2.45, 2.75) is 25.7 Å². The lowest BCUT2D eigenvalue weighted by molar-refractivity contribution is -0.192. The largest absolute Gasteiger partial charge is 0.490 e. The van der Waals surface area contributed by atoms with Gasteiger partial charge in [-0.2, -0.15) is 13.2 Å². The number of nitrogens with zero attached hydrogens (tertiary/aromatic N) is 2. The van der Waals surface area contributed by atoms with Gasteiger partial charge in [0.15, 0.2) is 0 Å². The first kappa shape index (κ1) is 27.2. The highest BCUT2D eigenvalue weighted by atomic mass is 32.1. The highest BCUT2D eigenvalue weighted by Gasteiger charge is 2.38. The zero-order valence-electron chi connectivity index (χ0n) is 19.3. The van der Waals surface area contributed by atoms with Crippen LogP contribution in [0, 0.1) is 5.82 Å². The number of piperazine rings is 1. The number of carboxylic acid groups (broad SMARTS) is 1. The number of carbonyl (C=O) groups is 2. The Balaban J connectivity index is 0.000000454. The average molecular weight is 524 g/mol. The minimum absolute atomic E-state index is 0.0765. The fourth-order valence-corrected chi connectivity index (χ4v) is 4.31. The van der Waals surface area contributed by atoms with Gasteiger partial charge in [0.05, 0.1) is 4.88 Å². The first-order valence-corrected chi connectivity index (χ1v) is 11.9. The number of rotatable bonds is 5. The zero-order valence-corrected chi connectivity index (χ0v) is 20.2. The Labute approximate surface area is 209 Å². The molecule has 11 heteroatoms. The topological polar surface area (TPSA) is 72.9 Å². The van der Waals surface area contributed by atoms with Crippen molar-refractivity contribution in [1.82, 2.24) is 4.90 Å². The number of nitrogens with one attached hydrogen (secondary N) is 1. The van der Waals surface area contributed by atoms with Crippen molar-refractivity contribution in [3.63, 3.8) is 0 Å². The molecule has 0 aliphatic carbocycles. The molecular weight excluding hydrogens is 498 g/mol. The average Bonchev–Trinajstić information content (AvgIpc) is 3.36. The molecule has 1 atom stereocenters. The van der Waals surface area contributed by atoms with Crippen LogP contribution in [0.5, 0.6) is 0 Å². The number of alkyl halides is 3. The van der Waals surface area contributed by atoms with E-state index in [1.807, 2.05) is 35.7 Å². The number of aliphatic carboxylic acids is 1. The molecule has 1 saturated heterocycles. The number of carboxylic acids is 1. The molecular formula is C25H25F4N3O3S. The van der Waals surface area contributed by atoms with E-state index in [2.05, 4.69) is 34.2 Å². The van der Waals surface area contributed by atoms with Gasteiger partial charge in [-0.15, -0.1) is 11.3 Å². The van der Waals surface area contributed by atoms with E-state index >= 15 is 0 Å². The summed E-state index contributed by atoms with van der Waals surface area (Å²) in [6.07, 6.45) is -5.08. The van der Waals surface area contributed by atoms with E-state index in [4.69, 9.17) is 9.90 Å². The van der Waals surface area contributed by atoms with Crippen LogP contribution in [-0.4, -0.2) is 53.7 Å². The third-order valence-electron chi connectivity index (χ3n) is 5.52. The number of benzene rings is 2. The van der Waals surface area contributed by atoms with E-state index < -0.39 is 12.1 Å². The second-order valence-corrected chi connectivity index (χ2v) is 9.12. The molecule has 1 aliphatic rings. The number of amides is 1. The molecule has 1 aliphatic heterocycles. The van der Waals surface area contributed by atoms with Crippen molar-refractivity contribution < 1.29 is 32.3 Å².